The van der Waals surface area contributed by atoms with Crippen LogP contribution in [0.3, 0.4) is 0 Å². The van der Waals surface area contributed by atoms with Crippen molar-refractivity contribution in [2.24, 2.45) is 0 Å². The molecule has 3 aromatic rings. The molecule has 1 aromatic carbocycles. The van der Waals surface area contributed by atoms with Gasteiger partial charge in [-0.1, -0.05) is 11.6 Å². The summed E-state index contributed by atoms with van der Waals surface area (Å²) in [5.41, 5.74) is 1.42. The summed E-state index contributed by atoms with van der Waals surface area (Å²) in [5.74, 6) is -0.107. The van der Waals surface area contributed by atoms with E-state index in [0.29, 0.717) is 21.9 Å². The van der Waals surface area contributed by atoms with E-state index in [1.54, 1.807) is 18.2 Å². The van der Waals surface area contributed by atoms with Crippen LogP contribution in [0.25, 0.3) is 17.4 Å². The number of benzene rings is 1. The quantitative estimate of drug-likeness (QED) is 0.211. The Morgan fingerprint density at radius 3 is 2.76 bits per heavy atom. The molecule has 0 fully saturated rings. The Morgan fingerprint density at radius 1 is 1.24 bits per heavy atom. The van der Waals surface area contributed by atoms with E-state index in [9.17, 15) is 25.4 Å². The van der Waals surface area contributed by atoms with Gasteiger partial charge in [0.25, 0.3) is 11.6 Å². The Morgan fingerprint density at radius 2 is 2.03 bits per heavy atom. The monoisotopic (exact) mass is 478 g/mol. The lowest BCUT2D eigenvalue weighted by Crippen LogP contribution is -2.13. The Kier molecular flexibility index (Phi) is 6.27. The highest BCUT2D eigenvalue weighted by molar-refractivity contribution is 7.16. The second-order valence-corrected chi connectivity index (χ2v) is 8.79. The number of anilines is 1. The summed E-state index contributed by atoms with van der Waals surface area (Å²) in [6.07, 6.45) is 5.02. The minimum absolute atomic E-state index is 0.00542. The van der Waals surface area contributed by atoms with Crippen molar-refractivity contribution in [3.05, 3.63) is 72.8 Å². The minimum Gasteiger partial charge on any atom is -0.457 e. The predicted molar refractivity (Wildman–Crippen MR) is 124 cm³/mol. The lowest BCUT2D eigenvalue weighted by molar-refractivity contribution is -0.384. The maximum atomic E-state index is 12.7. The number of rotatable bonds is 5. The number of hydrogen-bond acceptors (Lipinski definition) is 7. The summed E-state index contributed by atoms with van der Waals surface area (Å²) >= 11 is 7.22. The summed E-state index contributed by atoms with van der Waals surface area (Å²) in [7, 11) is 0. The van der Waals surface area contributed by atoms with E-state index >= 15 is 0 Å². The molecule has 0 bridgehead atoms. The number of hydrogen-bond donors (Lipinski definition) is 1. The van der Waals surface area contributed by atoms with E-state index in [1.807, 2.05) is 6.07 Å². The van der Waals surface area contributed by atoms with Crippen LogP contribution in [0.2, 0.25) is 5.02 Å². The average Bonchev–Trinajstić information content (AvgIpc) is 3.41. The first-order chi connectivity index (χ1) is 15.9. The molecule has 2 heterocycles. The fourth-order valence-corrected chi connectivity index (χ4v) is 5.05. The molecular weight excluding hydrogens is 464 g/mol. The zero-order valence-electron chi connectivity index (χ0n) is 17.1. The SMILES string of the molecule is N#C/C(=C\c1ccc(-c2ccc(Cl)c([N+](=O)[O-])c2)o1)C(=O)Nc1sc2c(c1C#N)CCCC2. The van der Waals surface area contributed by atoms with Crippen LogP contribution in [0.4, 0.5) is 10.7 Å². The smallest absolute Gasteiger partial charge is 0.288 e. The van der Waals surface area contributed by atoms with Gasteiger partial charge in [-0.05, 0) is 55.5 Å². The first kappa shape index (κ1) is 22.3. The molecule has 0 unspecified atom stereocenters. The van der Waals surface area contributed by atoms with E-state index in [2.05, 4.69) is 11.4 Å². The zero-order valence-corrected chi connectivity index (χ0v) is 18.6. The molecule has 1 amide bonds. The fraction of sp³-hybridized carbons (Fsp3) is 0.174. The average molecular weight is 479 g/mol. The molecule has 0 radical (unpaired) electrons. The van der Waals surface area contributed by atoms with Crippen molar-refractivity contribution in [2.75, 3.05) is 5.32 Å². The molecule has 8 nitrogen and oxygen atoms in total. The molecular formula is C23H15ClN4O4S. The van der Waals surface area contributed by atoms with Gasteiger partial charge in [0, 0.05) is 22.6 Å². The lowest BCUT2D eigenvalue weighted by atomic mass is 9.96. The van der Waals surface area contributed by atoms with Gasteiger partial charge in [-0.2, -0.15) is 10.5 Å². The summed E-state index contributed by atoms with van der Waals surface area (Å²) in [5, 5.41) is 33.3. The first-order valence-corrected chi connectivity index (χ1v) is 11.1. The Bertz CT molecular complexity index is 1390. The van der Waals surface area contributed by atoms with Crippen LogP contribution in [-0.4, -0.2) is 10.8 Å². The number of carbonyl (C=O) groups excluding carboxylic acids is 1. The van der Waals surface area contributed by atoms with Gasteiger partial charge in [-0.3, -0.25) is 14.9 Å². The van der Waals surface area contributed by atoms with Crippen LogP contribution >= 0.6 is 22.9 Å². The van der Waals surface area contributed by atoms with Gasteiger partial charge in [-0.25, -0.2) is 0 Å². The topological polar surface area (TPSA) is 133 Å². The number of nitrogens with zero attached hydrogens (tertiary/aromatic N) is 3. The Labute approximate surface area is 197 Å². The normalized spacial score (nSPS) is 13.0. The minimum atomic E-state index is -0.646. The molecule has 1 aliphatic rings. The standard InChI is InChI=1S/C23H15ClN4O4S/c24-18-7-5-13(10-19(18)28(30)31)20-8-6-15(32-20)9-14(11-25)22(29)27-23-17(12-26)16-3-1-2-4-21(16)33-23/h5-10H,1-4H2,(H,27,29)/b14-9+. The highest BCUT2D eigenvalue weighted by atomic mass is 35.5. The van der Waals surface area contributed by atoms with Gasteiger partial charge < -0.3 is 9.73 Å². The third-order valence-corrected chi connectivity index (χ3v) is 6.74. The van der Waals surface area contributed by atoms with Crippen molar-refractivity contribution in [1.29, 1.82) is 10.5 Å². The molecule has 1 aliphatic carbocycles. The fourth-order valence-electron chi connectivity index (χ4n) is 3.62. The number of furan rings is 1. The van der Waals surface area contributed by atoms with Gasteiger partial charge in [0.15, 0.2) is 0 Å². The van der Waals surface area contributed by atoms with Crippen molar-refractivity contribution in [1.82, 2.24) is 0 Å². The van der Waals surface area contributed by atoms with Crippen molar-refractivity contribution in [3.63, 3.8) is 0 Å². The molecule has 4 rings (SSSR count). The largest absolute Gasteiger partial charge is 0.457 e. The third-order valence-electron chi connectivity index (χ3n) is 5.22. The van der Waals surface area contributed by atoms with Gasteiger partial charge in [-0.15, -0.1) is 11.3 Å². The molecule has 2 aromatic heterocycles. The molecule has 33 heavy (non-hydrogen) atoms. The first-order valence-electron chi connectivity index (χ1n) is 9.93. The molecule has 1 N–H and O–H groups in total. The number of carbonyl (C=O) groups is 1. The number of nitrogens with one attached hydrogen (secondary N) is 1. The van der Waals surface area contributed by atoms with Crippen LogP contribution in [-0.2, 0) is 17.6 Å². The third kappa shape index (κ3) is 4.51. The van der Waals surface area contributed by atoms with E-state index < -0.39 is 10.8 Å². The summed E-state index contributed by atoms with van der Waals surface area (Å²) in [6, 6.07) is 11.4. The molecule has 10 heteroatoms. The van der Waals surface area contributed by atoms with Crippen molar-refractivity contribution < 1.29 is 14.1 Å². The molecule has 0 saturated heterocycles. The van der Waals surface area contributed by atoms with Gasteiger partial charge in [0.05, 0.1) is 10.5 Å². The van der Waals surface area contributed by atoms with Crippen molar-refractivity contribution in [3.8, 4) is 23.5 Å². The number of amides is 1. The van der Waals surface area contributed by atoms with Crippen LogP contribution in [0.15, 0.2) is 40.3 Å². The van der Waals surface area contributed by atoms with Gasteiger partial charge >= 0.3 is 0 Å². The van der Waals surface area contributed by atoms with Gasteiger partial charge in [0.1, 0.15) is 39.3 Å². The van der Waals surface area contributed by atoms with Crippen LogP contribution in [0.1, 0.15) is 34.6 Å². The number of aryl methyl sites for hydroxylation is 1. The van der Waals surface area contributed by atoms with Crippen LogP contribution in [0.5, 0.6) is 0 Å². The lowest BCUT2D eigenvalue weighted by Gasteiger charge is -2.09. The summed E-state index contributed by atoms with van der Waals surface area (Å²) in [6.45, 7) is 0. The number of nitro groups is 1. The zero-order chi connectivity index (χ0) is 23.5. The second-order valence-electron chi connectivity index (χ2n) is 7.28. The maximum absolute atomic E-state index is 12.7. The van der Waals surface area contributed by atoms with E-state index in [-0.39, 0.29) is 22.0 Å². The highest BCUT2D eigenvalue weighted by Crippen LogP contribution is 2.38. The van der Waals surface area contributed by atoms with Crippen molar-refractivity contribution >= 4 is 45.6 Å². The van der Waals surface area contributed by atoms with Gasteiger partial charge in [0.2, 0.25) is 0 Å². The maximum Gasteiger partial charge on any atom is 0.288 e. The summed E-state index contributed by atoms with van der Waals surface area (Å²) < 4.78 is 5.67. The van der Waals surface area contributed by atoms with E-state index in [0.717, 1.165) is 36.1 Å². The van der Waals surface area contributed by atoms with Crippen LogP contribution < -0.4 is 5.32 Å². The Hall–Kier alpha value is -3.92. The molecule has 0 saturated carbocycles. The highest BCUT2D eigenvalue weighted by Gasteiger charge is 2.23. The van der Waals surface area contributed by atoms with E-state index in [1.165, 1.54) is 29.5 Å². The van der Waals surface area contributed by atoms with E-state index in [4.69, 9.17) is 16.0 Å². The number of nitriles is 2. The Balaban J connectivity index is 1.58. The molecule has 0 aliphatic heterocycles. The number of fused-ring (bicyclic) bond motifs is 1. The number of halogens is 1. The van der Waals surface area contributed by atoms with Crippen LogP contribution in [0, 0.1) is 32.8 Å². The molecule has 0 spiro atoms. The number of nitro benzene ring substituents is 1. The second kappa shape index (κ2) is 9.29. The molecule has 0 atom stereocenters. The predicted octanol–water partition coefficient (Wildman–Crippen LogP) is 5.87. The number of thiophene rings is 1. The summed E-state index contributed by atoms with van der Waals surface area (Å²) in [4.78, 5) is 24.3. The molecule has 164 valence electrons. The van der Waals surface area contributed by atoms with Crippen molar-refractivity contribution in [2.45, 2.75) is 25.7 Å².